The van der Waals surface area contributed by atoms with Crippen molar-refractivity contribution in [3.63, 3.8) is 0 Å². The molecule has 2 aromatic rings. The molecule has 0 fully saturated rings. The summed E-state index contributed by atoms with van der Waals surface area (Å²) < 4.78 is 19.1. The Morgan fingerprint density at radius 1 is 1.40 bits per heavy atom. The lowest BCUT2D eigenvalue weighted by molar-refractivity contribution is 0.122. The first-order valence-electron chi connectivity index (χ1n) is 6.19. The number of aryl methyl sites for hydroxylation is 1. The average Bonchev–Trinajstić information content (AvgIpc) is 2.81. The van der Waals surface area contributed by atoms with Gasteiger partial charge in [0.1, 0.15) is 5.82 Å². The van der Waals surface area contributed by atoms with Crippen molar-refractivity contribution in [3.05, 3.63) is 45.7 Å². The van der Waals surface area contributed by atoms with Crippen molar-refractivity contribution in [1.82, 2.24) is 4.98 Å². The van der Waals surface area contributed by atoms with E-state index in [2.05, 4.69) is 4.98 Å². The number of hydrogen-bond donors (Lipinski definition) is 2. The molecule has 0 amide bonds. The van der Waals surface area contributed by atoms with Crippen LogP contribution in [0, 0.1) is 12.7 Å². The molecule has 0 bridgehead atoms. The van der Waals surface area contributed by atoms with Gasteiger partial charge in [0, 0.05) is 16.9 Å². The largest absolute Gasteiger partial charge is 0.488 e. The molecule has 0 aliphatic rings. The molecule has 0 spiro atoms. The van der Waals surface area contributed by atoms with E-state index in [4.69, 9.17) is 14.8 Å². The minimum Gasteiger partial charge on any atom is -0.423 e. The van der Waals surface area contributed by atoms with Gasteiger partial charge in [0.2, 0.25) is 0 Å². The van der Waals surface area contributed by atoms with Crippen molar-refractivity contribution >= 4 is 23.9 Å². The highest BCUT2D eigenvalue weighted by Gasteiger charge is 2.13. The van der Waals surface area contributed by atoms with Gasteiger partial charge in [0.05, 0.1) is 24.4 Å². The lowest BCUT2D eigenvalue weighted by Crippen LogP contribution is -2.30. The predicted octanol–water partition coefficient (Wildman–Crippen LogP) is 1.03. The number of ether oxygens (including phenoxy) is 1. The molecule has 7 heteroatoms. The van der Waals surface area contributed by atoms with Crippen molar-refractivity contribution < 1.29 is 19.2 Å². The Morgan fingerprint density at radius 2 is 2.20 bits per heavy atom. The zero-order valence-corrected chi connectivity index (χ0v) is 11.9. The monoisotopic (exact) mass is 295 g/mol. The molecule has 0 atom stereocenters. The molecule has 0 radical (unpaired) electrons. The van der Waals surface area contributed by atoms with Crippen LogP contribution in [0.15, 0.2) is 23.7 Å². The van der Waals surface area contributed by atoms with Crippen LogP contribution in [0.25, 0.3) is 0 Å². The smallest absolute Gasteiger partial charge is 0.423 e. The summed E-state index contributed by atoms with van der Waals surface area (Å²) in [5, 5.41) is 17.9. The van der Waals surface area contributed by atoms with E-state index in [1.54, 1.807) is 16.8 Å². The van der Waals surface area contributed by atoms with Crippen molar-refractivity contribution in [1.29, 1.82) is 0 Å². The van der Waals surface area contributed by atoms with Gasteiger partial charge in [-0.25, -0.2) is 9.37 Å². The normalized spacial score (nSPS) is 10.8. The fourth-order valence-corrected chi connectivity index (χ4v) is 2.52. The fraction of sp³-hybridized carbons (Fsp3) is 0.308. The first-order valence-corrected chi connectivity index (χ1v) is 7.07. The second kappa shape index (κ2) is 6.94. The van der Waals surface area contributed by atoms with Gasteiger partial charge < -0.3 is 14.8 Å². The van der Waals surface area contributed by atoms with E-state index in [-0.39, 0.29) is 12.1 Å². The van der Waals surface area contributed by atoms with Crippen LogP contribution in [0.5, 0.6) is 0 Å². The Morgan fingerprint density at radius 3 is 2.80 bits per heavy atom. The number of hydrogen-bond acceptors (Lipinski definition) is 5. The highest BCUT2D eigenvalue weighted by molar-refractivity contribution is 7.09. The van der Waals surface area contributed by atoms with E-state index in [1.807, 2.05) is 6.92 Å². The minimum atomic E-state index is -1.66. The third-order valence-electron chi connectivity index (χ3n) is 2.95. The number of thiazole rings is 1. The Kier molecular flexibility index (Phi) is 5.25. The van der Waals surface area contributed by atoms with Crippen LogP contribution in [0.3, 0.4) is 0 Å². The molecule has 1 heterocycles. The molecule has 1 aromatic carbocycles. The Balaban J connectivity index is 1.84. The molecule has 0 saturated carbocycles. The van der Waals surface area contributed by atoms with E-state index in [9.17, 15) is 4.39 Å². The molecule has 20 heavy (non-hydrogen) atoms. The van der Waals surface area contributed by atoms with Crippen LogP contribution in [0.1, 0.15) is 16.1 Å². The van der Waals surface area contributed by atoms with Gasteiger partial charge in [-0.2, -0.15) is 0 Å². The number of halogens is 1. The zero-order valence-electron chi connectivity index (χ0n) is 11.0. The predicted molar refractivity (Wildman–Crippen MR) is 76.4 cm³/mol. The topological polar surface area (TPSA) is 62.6 Å². The third kappa shape index (κ3) is 3.86. The van der Waals surface area contributed by atoms with Crippen LogP contribution in [0.4, 0.5) is 4.39 Å². The van der Waals surface area contributed by atoms with Gasteiger partial charge in [-0.05, 0) is 18.5 Å². The standard InChI is InChI=1S/C13H15BFNO3S/c1-9-13(20-8-16-9)4-5-19-7-10-2-3-11(14(17)18)6-12(10)15/h2-3,6,8,17-18H,4-5,7H2,1H3. The molecule has 4 nitrogen and oxygen atoms in total. The van der Waals surface area contributed by atoms with Crippen LogP contribution in [0.2, 0.25) is 0 Å². The van der Waals surface area contributed by atoms with E-state index < -0.39 is 12.9 Å². The summed E-state index contributed by atoms with van der Waals surface area (Å²) >= 11 is 1.58. The third-order valence-corrected chi connectivity index (χ3v) is 3.95. The zero-order chi connectivity index (χ0) is 14.5. The van der Waals surface area contributed by atoms with Crippen molar-refractivity contribution in [2.75, 3.05) is 6.61 Å². The van der Waals surface area contributed by atoms with Gasteiger partial charge in [0.15, 0.2) is 0 Å². The van der Waals surface area contributed by atoms with Gasteiger partial charge >= 0.3 is 7.12 Å². The van der Waals surface area contributed by atoms with Gasteiger partial charge in [-0.3, -0.25) is 0 Å². The second-order valence-electron chi connectivity index (χ2n) is 4.39. The average molecular weight is 295 g/mol. The fourth-order valence-electron chi connectivity index (χ4n) is 1.75. The summed E-state index contributed by atoms with van der Waals surface area (Å²) in [5.41, 5.74) is 3.33. The summed E-state index contributed by atoms with van der Waals surface area (Å²) in [6.45, 7) is 2.60. The number of aromatic nitrogens is 1. The van der Waals surface area contributed by atoms with E-state index in [0.717, 1.165) is 18.2 Å². The highest BCUT2D eigenvalue weighted by atomic mass is 32.1. The van der Waals surface area contributed by atoms with E-state index in [0.29, 0.717) is 12.2 Å². The molecule has 2 N–H and O–H groups in total. The molecule has 0 saturated heterocycles. The molecule has 106 valence electrons. The summed E-state index contributed by atoms with van der Waals surface area (Å²) in [7, 11) is -1.66. The van der Waals surface area contributed by atoms with Crippen molar-refractivity contribution in [2.45, 2.75) is 20.0 Å². The number of nitrogens with zero attached hydrogens (tertiary/aromatic N) is 1. The van der Waals surface area contributed by atoms with E-state index in [1.165, 1.54) is 17.0 Å². The number of benzene rings is 1. The maximum Gasteiger partial charge on any atom is 0.488 e. The Labute approximate surface area is 121 Å². The first kappa shape index (κ1) is 15.1. The summed E-state index contributed by atoms with van der Waals surface area (Å²) in [4.78, 5) is 5.32. The SMILES string of the molecule is Cc1ncsc1CCOCc1ccc(B(O)O)cc1F. The van der Waals surface area contributed by atoms with Gasteiger partial charge in [-0.15, -0.1) is 11.3 Å². The lowest BCUT2D eigenvalue weighted by atomic mass is 9.80. The van der Waals surface area contributed by atoms with Gasteiger partial charge in [0.25, 0.3) is 0 Å². The molecular formula is C13H15BFNO3S. The molecular weight excluding hydrogens is 280 g/mol. The lowest BCUT2D eigenvalue weighted by Gasteiger charge is -2.07. The summed E-state index contributed by atoms with van der Waals surface area (Å²) in [5.74, 6) is -0.496. The Hall–Kier alpha value is -1.28. The molecule has 1 aromatic heterocycles. The van der Waals surface area contributed by atoms with Crippen molar-refractivity contribution in [2.24, 2.45) is 0 Å². The highest BCUT2D eigenvalue weighted by Crippen LogP contribution is 2.13. The van der Waals surface area contributed by atoms with Crippen LogP contribution in [-0.4, -0.2) is 28.8 Å². The Bertz CT molecular complexity index is 576. The van der Waals surface area contributed by atoms with E-state index >= 15 is 0 Å². The van der Waals surface area contributed by atoms with Crippen LogP contribution in [-0.2, 0) is 17.8 Å². The maximum atomic E-state index is 13.7. The summed E-state index contributed by atoms with van der Waals surface area (Å²) in [6, 6.07) is 4.08. The maximum absolute atomic E-state index is 13.7. The molecule has 2 rings (SSSR count). The van der Waals surface area contributed by atoms with Crippen LogP contribution >= 0.6 is 11.3 Å². The summed E-state index contributed by atoms with van der Waals surface area (Å²) in [6.07, 6.45) is 0.756. The second-order valence-corrected chi connectivity index (χ2v) is 5.33. The van der Waals surface area contributed by atoms with Crippen molar-refractivity contribution in [3.8, 4) is 0 Å². The molecule has 0 unspecified atom stereocenters. The first-order chi connectivity index (χ1) is 9.58. The minimum absolute atomic E-state index is 0.131. The quantitative estimate of drug-likeness (QED) is 0.617. The number of rotatable bonds is 6. The molecule has 0 aliphatic heterocycles. The molecule has 0 aliphatic carbocycles. The van der Waals surface area contributed by atoms with Crippen LogP contribution < -0.4 is 5.46 Å². The van der Waals surface area contributed by atoms with Gasteiger partial charge in [-0.1, -0.05) is 12.1 Å².